The van der Waals surface area contributed by atoms with Crippen LogP contribution in [0.4, 0.5) is 19.0 Å². The number of pyridine rings is 2. The maximum atomic E-state index is 12.9. The second kappa shape index (κ2) is 7.99. The third-order valence-corrected chi connectivity index (χ3v) is 6.90. The highest BCUT2D eigenvalue weighted by molar-refractivity contribution is 8.00. The van der Waals surface area contributed by atoms with E-state index in [0.29, 0.717) is 29.2 Å². The summed E-state index contributed by atoms with van der Waals surface area (Å²) in [5.74, 6) is 4.37. The molecule has 0 spiro atoms. The van der Waals surface area contributed by atoms with Crippen molar-refractivity contribution in [3.05, 3.63) is 47.8 Å². The minimum absolute atomic E-state index is 0.0437. The molecule has 1 aliphatic rings. The molecule has 2 aromatic heterocycles. The van der Waals surface area contributed by atoms with Crippen LogP contribution in [-0.2, 0) is 26.3 Å². The highest BCUT2D eigenvalue weighted by Gasteiger charge is 2.51. The van der Waals surface area contributed by atoms with Crippen LogP contribution >= 0.6 is 0 Å². The molecule has 1 fully saturated rings. The summed E-state index contributed by atoms with van der Waals surface area (Å²) >= 11 is 0. The fraction of sp³-hybridized carbons (Fsp3) is 0.400. The van der Waals surface area contributed by atoms with E-state index in [1.807, 2.05) is 0 Å². The van der Waals surface area contributed by atoms with Gasteiger partial charge in [-0.3, -0.25) is 9.00 Å². The summed E-state index contributed by atoms with van der Waals surface area (Å²) in [5.41, 5.74) is -2.90. The predicted molar refractivity (Wildman–Crippen MR) is 108 cm³/mol. The number of nitrogens with zero attached hydrogens (tertiary/aromatic N) is 2. The SMILES string of the molecule is C=S(=O)(CC1CC1)c1ccc(CC(=O)Nc2ccc(C(C)(O)C(F)(F)F)cn2)cn1. The van der Waals surface area contributed by atoms with Crippen molar-refractivity contribution in [2.45, 2.75) is 43.0 Å². The summed E-state index contributed by atoms with van der Waals surface area (Å²) in [6.07, 6.45) is -0.443. The number of alkyl halides is 3. The van der Waals surface area contributed by atoms with Crippen LogP contribution in [0.3, 0.4) is 0 Å². The minimum Gasteiger partial charge on any atom is -0.376 e. The van der Waals surface area contributed by atoms with Gasteiger partial charge in [0.15, 0.2) is 5.60 Å². The van der Waals surface area contributed by atoms with Gasteiger partial charge >= 0.3 is 6.18 Å². The summed E-state index contributed by atoms with van der Waals surface area (Å²) in [4.78, 5) is 20.1. The lowest BCUT2D eigenvalue weighted by Crippen LogP contribution is -2.39. The average Bonchev–Trinajstić information content (AvgIpc) is 3.45. The number of halogens is 3. The molecule has 3 rings (SSSR count). The molecule has 10 heteroatoms. The Labute approximate surface area is 172 Å². The van der Waals surface area contributed by atoms with E-state index >= 15 is 0 Å². The van der Waals surface area contributed by atoms with Crippen LogP contribution < -0.4 is 5.32 Å². The maximum Gasteiger partial charge on any atom is 0.421 e. The van der Waals surface area contributed by atoms with Crippen molar-refractivity contribution in [1.82, 2.24) is 9.97 Å². The first-order valence-electron chi connectivity index (χ1n) is 9.24. The lowest BCUT2D eigenvalue weighted by molar-refractivity contribution is -0.259. The van der Waals surface area contributed by atoms with Gasteiger partial charge in [-0.25, -0.2) is 9.97 Å². The fourth-order valence-corrected chi connectivity index (χ4v) is 4.60. The molecule has 2 heterocycles. The van der Waals surface area contributed by atoms with Crippen LogP contribution in [0.5, 0.6) is 0 Å². The summed E-state index contributed by atoms with van der Waals surface area (Å²) < 4.78 is 51.2. The third kappa shape index (κ3) is 5.17. The molecular formula is C20H22F3N3O3S. The van der Waals surface area contributed by atoms with Gasteiger partial charge in [-0.2, -0.15) is 13.2 Å². The number of rotatable bonds is 7. The molecule has 162 valence electrons. The summed E-state index contributed by atoms with van der Waals surface area (Å²) in [5, 5.41) is 12.5. The Morgan fingerprint density at radius 2 is 1.93 bits per heavy atom. The lowest BCUT2D eigenvalue weighted by Gasteiger charge is -2.26. The Kier molecular flexibility index (Phi) is 5.92. The zero-order valence-corrected chi connectivity index (χ0v) is 17.1. The molecule has 2 N–H and O–H groups in total. The number of carbonyl (C=O) groups is 1. The number of amides is 1. The first-order chi connectivity index (χ1) is 13.9. The van der Waals surface area contributed by atoms with E-state index in [-0.39, 0.29) is 12.2 Å². The Morgan fingerprint density at radius 3 is 2.43 bits per heavy atom. The summed E-state index contributed by atoms with van der Waals surface area (Å²) in [7, 11) is -2.44. The largest absolute Gasteiger partial charge is 0.421 e. The van der Waals surface area contributed by atoms with Crippen LogP contribution in [-0.4, -0.2) is 43.0 Å². The second-order valence-electron chi connectivity index (χ2n) is 7.65. The van der Waals surface area contributed by atoms with Crippen molar-refractivity contribution in [2.24, 2.45) is 5.92 Å². The number of hydrogen-bond donors (Lipinski definition) is 2. The lowest BCUT2D eigenvalue weighted by atomic mass is 9.97. The van der Waals surface area contributed by atoms with Crippen molar-refractivity contribution >= 4 is 27.1 Å². The van der Waals surface area contributed by atoms with Gasteiger partial charge in [-0.1, -0.05) is 12.1 Å². The zero-order chi connectivity index (χ0) is 22.2. The molecule has 0 aromatic carbocycles. The molecule has 2 unspecified atom stereocenters. The molecule has 30 heavy (non-hydrogen) atoms. The highest BCUT2D eigenvalue weighted by atomic mass is 32.2. The molecule has 0 radical (unpaired) electrons. The normalized spacial score (nSPS) is 18.3. The number of nitrogens with one attached hydrogen (secondary N) is 1. The quantitative estimate of drug-likeness (QED) is 0.645. The van der Waals surface area contributed by atoms with Crippen molar-refractivity contribution in [2.75, 3.05) is 11.1 Å². The molecule has 1 aliphatic carbocycles. The van der Waals surface area contributed by atoms with Crippen LogP contribution in [0.1, 0.15) is 30.9 Å². The van der Waals surface area contributed by atoms with Gasteiger partial charge < -0.3 is 10.4 Å². The van der Waals surface area contributed by atoms with Crippen molar-refractivity contribution in [1.29, 1.82) is 0 Å². The van der Waals surface area contributed by atoms with Gasteiger partial charge in [0, 0.05) is 33.2 Å². The molecule has 0 bridgehead atoms. The molecule has 1 saturated carbocycles. The van der Waals surface area contributed by atoms with Gasteiger partial charge in [0.2, 0.25) is 5.91 Å². The van der Waals surface area contributed by atoms with E-state index in [9.17, 15) is 27.3 Å². The fourth-order valence-electron chi connectivity index (χ4n) is 2.78. The molecule has 0 aliphatic heterocycles. The number of aliphatic hydroxyl groups is 1. The van der Waals surface area contributed by atoms with Gasteiger partial charge in [0.1, 0.15) is 10.8 Å². The number of aromatic nitrogens is 2. The minimum atomic E-state index is -4.85. The standard InChI is InChI=1S/C20H22F3N3O3S/c1-19(28,20(21,22)23)15-6-7-16(24-11-15)26-17(27)9-14-5-8-18(25-10-14)30(2,29)12-13-3-4-13/h5-8,10-11,13,28H,2-4,9,12H2,1H3,(H,24,26,27). The van der Waals surface area contributed by atoms with Crippen LogP contribution in [0.15, 0.2) is 41.7 Å². The van der Waals surface area contributed by atoms with Gasteiger partial charge in [-0.15, -0.1) is 0 Å². The molecule has 6 nitrogen and oxygen atoms in total. The van der Waals surface area contributed by atoms with Crippen LogP contribution in [0.2, 0.25) is 0 Å². The zero-order valence-electron chi connectivity index (χ0n) is 16.3. The van der Waals surface area contributed by atoms with Crippen molar-refractivity contribution < 1.29 is 27.3 Å². The second-order valence-corrected chi connectivity index (χ2v) is 10.0. The van der Waals surface area contributed by atoms with Gasteiger partial charge in [0.25, 0.3) is 0 Å². The Bertz CT molecular complexity index is 1010. The van der Waals surface area contributed by atoms with Gasteiger partial charge in [-0.05, 0) is 49.2 Å². The van der Waals surface area contributed by atoms with Crippen molar-refractivity contribution in [3.63, 3.8) is 0 Å². The Morgan fingerprint density at radius 1 is 1.23 bits per heavy atom. The van der Waals surface area contributed by atoms with E-state index in [1.165, 1.54) is 12.3 Å². The van der Waals surface area contributed by atoms with E-state index in [2.05, 4.69) is 21.2 Å². The Balaban J connectivity index is 1.60. The molecule has 0 saturated heterocycles. The van der Waals surface area contributed by atoms with E-state index in [4.69, 9.17) is 0 Å². The molecule has 1 amide bonds. The van der Waals surface area contributed by atoms with Crippen LogP contribution in [0.25, 0.3) is 0 Å². The monoisotopic (exact) mass is 441 g/mol. The predicted octanol–water partition coefficient (Wildman–Crippen LogP) is 2.91. The smallest absolute Gasteiger partial charge is 0.376 e. The van der Waals surface area contributed by atoms with Gasteiger partial charge in [0.05, 0.1) is 6.42 Å². The van der Waals surface area contributed by atoms with Crippen molar-refractivity contribution in [3.8, 4) is 0 Å². The molecule has 2 atom stereocenters. The summed E-state index contributed by atoms with van der Waals surface area (Å²) in [6, 6.07) is 5.49. The highest BCUT2D eigenvalue weighted by Crippen LogP contribution is 2.38. The number of anilines is 1. The molecular weight excluding hydrogens is 419 g/mol. The first-order valence-corrected chi connectivity index (χ1v) is 11.1. The number of hydrogen-bond acceptors (Lipinski definition) is 5. The summed E-state index contributed by atoms with van der Waals surface area (Å²) in [6.45, 7) is 0.633. The van der Waals surface area contributed by atoms with E-state index in [1.54, 1.807) is 12.1 Å². The maximum absolute atomic E-state index is 12.9. The molecule has 2 aromatic rings. The van der Waals surface area contributed by atoms with E-state index < -0.39 is 32.8 Å². The topological polar surface area (TPSA) is 92.2 Å². The first kappa shape index (κ1) is 22.2. The van der Waals surface area contributed by atoms with E-state index in [0.717, 1.165) is 25.1 Å². The Hall–Kier alpha value is -2.46. The average molecular weight is 441 g/mol. The number of carbonyl (C=O) groups excluding carboxylic acids is 1. The van der Waals surface area contributed by atoms with Crippen LogP contribution in [0, 0.1) is 5.92 Å². The third-order valence-electron chi connectivity index (χ3n) is 4.89.